The van der Waals surface area contributed by atoms with Gasteiger partial charge in [0.15, 0.2) is 6.04 Å². The van der Waals surface area contributed by atoms with Crippen LogP contribution in [-0.4, -0.2) is 58.2 Å². The maximum atomic E-state index is 12.3. The molecular weight excluding hydrogens is 208 g/mol. The summed E-state index contributed by atoms with van der Waals surface area (Å²) in [7, 11) is 1.81. The van der Waals surface area contributed by atoms with Gasteiger partial charge in [-0.05, 0) is 27.7 Å². The highest BCUT2D eigenvalue weighted by Crippen LogP contribution is 2.31. The summed E-state index contributed by atoms with van der Waals surface area (Å²) < 4.78 is 0.151. The van der Waals surface area contributed by atoms with E-state index in [0.717, 1.165) is 0 Å². The van der Waals surface area contributed by atoms with Crippen LogP contribution >= 0.6 is 0 Å². The van der Waals surface area contributed by atoms with Gasteiger partial charge in [0.2, 0.25) is 0 Å². The first-order valence-corrected chi connectivity index (χ1v) is 5.54. The summed E-state index contributed by atoms with van der Waals surface area (Å²) >= 11 is 0. The zero-order valence-electron chi connectivity index (χ0n) is 10.6. The van der Waals surface area contributed by atoms with E-state index in [0.29, 0.717) is 13.1 Å². The quantitative estimate of drug-likeness (QED) is 0.722. The van der Waals surface area contributed by atoms with Crippen LogP contribution in [0.2, 0.25) is 0 Å². The van der Waals surface area contributed by atoms with Crippen LogP contribution < -0.4 is 0 Å². The third-order valence-electron chi connectivity index (χ3n) is 3.69. The first-order valence-electron chi connectivity index (χ1n) is 5.54. The van der Waals surface area contributed by atoms with E-state index in [4.69, 9.17) is 5.11 Å². The van der Waals surface area contributed by atoms with E-state index in [-0.39, 0.29) is 16.1 Å². The molecule has 2 atom stereocenters. The number of likely N-dealkylation sites (N-methyl/N-ethyl adjacent to an activating group) is 2. The molecule has 0 aromatic heterocycles. The molecule has 1 fully saturated rings. The second-order valence-electron chi connectivity index (χ2n) is 5.47. The topological polar surface area (TPSA) is 57.6 Å². The Morgan fingerprint density at radius 3 is 2.31 bits per heavy atom. The van der Waals surface area contributed by atoms with E-state index in [2.05, 4.69) is 0 Å². The molecule has 92 valence electrons. The molecule has 0 saturated carbocycles. The highest BCUT2D eigenvalue weighted by Gasteiger charge is 2.57. The lowest BCUT2D eigenvalue weighted by atomic mass is 10.0. The molecule has 0 bridgehead atoms. The van der Waals surface area contributed by atoms with Crippen molar-refractivity contribution in [2.75, 3.05) is 20.1 Å². The Morgan fingerprint density at radius 1 is 1.56 bits per heavy atom. The van der Waals surface area contributed by atoms with Crippen LogP contribution in [0.1, 0.15) is 27.7 Å². The predicted octanol–water partition coefficient (Wildman–Crippen LogP) is 1.14. The number of hydrogen-bond acceptors (Lipinski definition) is 2. The molecule has 0 spiro atoms. The van der Waals surface area contributed by atoms with Crippen molar-refractivity contribution >= 4 is 12.0 Å². The summed E-state index contributed by atoms with van der Waals surface area (Å²) in [4.78, 5) is 24.8. The number of quaternary nitrogens is 1. The van der Waals surface area contributed by atoms with Crippen molar-refractivity contribution in [1.29, 1.82) is 0 Å². The van der Waals surface area contributed by atoms with Gasteiger partial charge in [-0.25, -0.2) is 14.1 Å². The minimum absolute atomic E-state index is 0.0950. The maximum Gasteiger partial charge on any atom is 0.420 e. The fraction of sp³-hybridized carbons (Fsp3) is 0.818. The van der Waals surface area contributed by atoms with E-state index in [1.807, 2.05) is 34.7 Å². The average molecular weight is 229 g/mol. The number of urea groups is 1. The lowest BCUT2D eigenvalue weighted by Gasteiger charge is -2.38. The van der Waals surface area contributed by atoms with Crippen molar-refractivity contribution in [3.8, 4) is 0 Å². The number of amides is 2. The first kappa shape index (κ1) is 13.0. The monoisotopic (exact) mass is 229 g/mol. The summed E-state index contributed by atoms with van der Waals surface area (Å²) in [6.07, 6.45) is 0. The standard InChI is InChI=1S/C11H20N2O3/c1-6-12-8(9(14)15)7-13(5,10(12)16)11(2,3)4/h8H,6-7H2,1-5H3/p+1. The van der Waals surface area contributed by atoms with Crippen LogP contribution in [0.3, 0.4) is 0 Å². The zero-order valence-corrected chi connectivity index (χ0v) is 10.6. The number of carbonyl (C=O) groups is 2. The van der Waals surface area contributed by atoms with Crippen molar-refractivity contribution in [3.63, 3.8) is 0 Å². The van der Waals surface area contributed by atoms with Crippen LogP contribution in [0.15, 0.2) is 0 Å². The zero-order chi connectivity index (χ0) is 12.7. The number of carboxylic acids is 1. The number of carbonyl (C=O) groups excluding carboxylic acids is 1. The Bertz CT molecular complexity index is 322. The lowest BCUT2D eigenvalue weighted by molar-refractivity contribution is -0.870. The van der Waals surface area contributed by atoms with Gasteiger partial charge < -0.3 is 5.11 Å². The number of rotatable bonds is 2. The third kappa shape index (κ3) is 1.69. The van der Waals surface area contributed by atoms with Gasteiger partial charge in [0.05, 0.1) is 12.6 Å². The minimum Gasteiger partial charge on any atom is -0.480 e. The van der Waals surface area contributed by atoms with Gasteiger partial charge in [-0.15, -0.1) is 0 Å². The van der Waals surface area contributed by atoms with Gasteiger partial charge in [-0.2, -0.15) is 0 Å². The average Bonchev–Trinajstić information content (AvgIpc) is 2.40. The molecular formula is C11H21N2O3+. The summed E-state index contributed by atoms with van der Waals surface area (Å²) in [5, 5.41) is 9.13. The van der Waals surface area contributed by atoms with Crippen LogP contribution in [0.5, 0.6) is 0 Å². The fourth-order valence-electron chi connectivity index (χ4n) is 2.07. The van der Waals surface area contributed by atoms with Crippen molar-refractivity contribution in [3.05, 3.63) is 0 Å². The summed E-state index contributed by atoms with van der Waals surface area (Å²) in [5.41, 5.74) is -0.283. The summed E-state index contributed by atoms with van der Waals surface area (Å²) in [6, 6.07) is -0.788. The maximum absolute atomic E-state index is 12.3. The minimum atomic E-state index is -0.915. The molecule has 2 unspecified atom stereocenters. The summed E-state index contributed by atoms with van der Waals surface area (Å²) in [6.45, 7) is 8.48. The van der Waals surface area contributed by atoms with E-state index < -0.39 is 12.0 Å². The van der Waals surface area contributed by atoms with Crippen LogP contribution in [0.4, 0.5) is 4.79 Å². The van der Waals surface area contributed by atoms with E-state index in [1.54, 1.807) is 0 Å². The highest BCUT2D eigenvalue weighted by molar-refractivity contribution is 5.82. The van der Waals surface area contributed by atoms with Crippen LogP contribution in [-0.2, 0) is 4.79 Å². The molecule has 1 rings (SSSR count). The second-order valence-corrected chi connectivity index (χ2v) is 5.47. The molecule has 1 aliphatic rings. The molecule has 0 aromatic rings. The summed E-state index contributed by atoms with van der Waals surface area (Å²) in [5.74, 6) is -0.915. The van der Waals surface area contributed by atoms with Crippen molar-refractivity contribution < 1.29 is 19.2 Å². The number of hydrogen-bond donors (Lipinski definition) is 1. The molecule has 0 aromatic carbocycles. The van der Waals surface area contributed by atoms with E-state index in [1.165, 1.54) is 4.90 Å². The van der Waals surface area contributed by atoms with Gasteiger partial charge in [-0.1, -0.05) is 0 Å². The Hall–Kier alpha value is -1.10. The van der Waals surface area contributed by atoms with Gasteiger partial charge in [-0.3, -0.25) is 4.90 Å². The normalized spacial score (nSPS) is 30.9. The van der Waals surface area contributed by atoms with Crippen molar-refractivity contribution in [2.45, 2.75) is 39.3 Å². The number of nitrogens with zero attached hydrogens (tertiary/aromatic N) is 2. The van der Waals surface area contributed by atoms with Crippen molar-refractivity contribution in [2.24, 2.45) is 0 Å². The number of aliphatic carboxylic acids is 1. The van der Waals surface area contributed by atoms with Crippen molar-refractivity contribution in [1.82, 2.24) is 4.90 Å². The SMILES string of the molecule is CCN1C(=O)[N+](C)(C(C)(C)C)CC1C(=O)O. The molecule has 5 heteroatoms. The van der Waals surface area contributed by atoms with Gasteiger partial charge in [0.25, 0.3) is 0 Å². The molecule has 0 radical (unpaired) electrons. The molecule has 1 N–H and O–H groups in total. The van der Waals surface area contributed by atoms with Gasteiger partial charge in [0.1, 0.15) is 6.54 Å². The molecule has 0 aliphatic carbocycles. The van der Waals surface area contributed by atoms with Gasteiger partial charge >= 0.3 is 12.0 Å². The molecule has 2 amide bonds. The van der Waals surface area contributed by atoms with E-state index in [9.17, 15) is 9.59 Å². The smallest absolute Gasteiger partial charge is 0.420 e. The van der Waals surface area contributed by atoms with Gasteiger partial charge in [0, 0.05) is 6.54 Å². The largest absolute Gasteiger partial charge is 0.480 e. The van der Waals surface area contributed by atoms with E-state index >= 15 is 0 Å². The highest BCUT2D eigenvalue weighted by atomic mass is 16.4. The second kappa shape index (κ2) is 3.73. The number of carboxylic acid groups (broad SMARTS) is 1. The molecule has 5 nitrogen and oxygen atoms in total. The Balaban J connectivity index is 3.12. The molecule has 1 aliphatic heterocycles. The molecule has 1 saturated heterocycles. The molecule has 1 heterocycles. The first-order chi connectivity index (χ1) is 7.15. The Morgan fingerprint density at radius 2 is 2.06 bits per heavy atom. The van der Waals surface area contributed by atoms with Crippen LogP contribution in [0.25, 0.3) is 0 Å². The Kier molecular flexibility index (Phi) is 3.02. The molecule has 16 heavy (non-hydrogen) atoms. The Labute approximate surface area is 96.2 Å². The third-order valence-corrected chi connectivity index (χ3v) is 3.69. The predicted molar refractivity (Wildman–Crippen MR) is 60.0 cm³/mol. The fourth-order valence-corrected chi connectivity index (χ4v) is 2.07. The lowest BCUT2D eigenvalue weighted by Crippen LogP contribution is -2.59. The van der Waals surface area contributed by atoms with Crippen LogP contribution in [0, 0.1) is 0 Å².